The van der Waals surface area contributed by atoms with Crippen molar-refractivity contribution in [1.82, 2.24) is 30.4 Å². The molecule has 1 aliphatic rings. The second kappa shape index (κ2) is 9.29. The number of carbonyl (C=O) groups excluding carboxylic acids is 3. The van der Waals surface area contributed by atoms with E-state index in [2.05, 4.69) is 32.9 Å². The molecule has 0 fully saturated rings. The van der Waals surface area contributed by atoms with Crippen LogP contribution in [-0.2, 0) is 24.2 Å². The van der Waals surface area contributed by atoms with Crippen LogP contribution in [0, 0.1) is 0 Å². The molecule has 31 heavy (non-hydrogen) atoms. The maximum absolute atomic E-state index is 12.4. The fraction of sp³-hybridized carbons (Fsp3) is 0.273. The number of aryl methyl sites for hydroxylation is 1. The minimum absolute atomic E-state index is 0.0364. The Kier molecular flexibility index (Phi) is 6.11. The van der Waals surface area contributed by atoms with E-state index in [0.717, 1.165) is 12.8 Å². The van der Waals surface area contributed by atoms with E-state index in [9.17, 15) is 14.4 Å². The molecule has 0 saturated heterocycles. The average Bonchev–Trinajstić information content (AvgIpc) is 3.33. The van der Waals surface area contributed by atoms with Gasteiger partial charge in [0.05, 0.1) is 11.1 Å². The summed E-state index contributed by atoms with van der Waals surface area (Å²) in [6.45, 7) is 0.685. The first kappa shape index (κ1) is 20.4. The highest BCUT2D eigenvalue weighted by molar-refractivity contribution is 6.21. The first-order chi connectivity index (χ1) is 15.1. The van der Waals surface area contributed by atoms with Gasteiger partial charge in [0.25, 0.3) is 11.8 Å². The summed E-state index contributed by atoms with van der Waals surface area (Å²) in [5.41, 5.74) is 2.05. The number of fused-ring (bicyclic) bond motifs is 1. The lowest BCUT2D eigenvalue weighted by Gasteiger charge is -2.11. The number of carbonyl (C=O) groups is 3. The normalized spacial score (nSPS) is 12.8. The second-order valence-electron chi connectivity index (χ2n) is 7.23. The van der Waals surface area contributed by atoms with Crippen molar-refractivity contribution in [2.24, 2.45) is 0 Å². The smallest absolute Gasteiger partial charge is 0.261 e. The Bertz CT molecular complexity index is 1060. The van der Waals surface area contributed by atoms with Crippen LogP contribution < -0.4 is 5.32 Å². The number of benzene rings is 2. The molecule has 0 spiro atoms. The quantitative estimate of drug-likeness (QED) is 0.414. The molecule has 3 amide bonds. The van der Waals surface area contributed by atoms with Gasteiger partial charge in [0, 0.05) is 19.5 Å². The van der Waals surface area contributed by atoms with Gasteiger partial charge < -0.3 is 5.32 Å². The number of hydrogen-bond acceptors (Lipinski definition) is 6. The van der Waals surface area contributed by atoms with Gasteiger partial charge in [-0.05, 0) is 35.8 Å². The van der Waals surface area contributed by atoms with Crippen molar-refractivity contribution in [3.63, 3.8) is 0 Å². The fourth-order valence-corrected chi connectivity index (χ4v) is 3.45. The second-order valence-corrected chi connectivity index (χ2v) is 7.23. The Labute approximate surface area is 179 Å². The predicted molar refractivity (Wildman–Crippen MR) is 111 cm³/mol. The van der Waals surface area contributed by atoms with Crippen molar-refractivity contribution in [2.75, 3.05) is 13.1 Å². The topological polar surface area (TPSA) is 110 Å². The van der Waals surface area contributed by atoms with Crippen LogP contribution in [0.4, 0.5) is 0 Å². The third kappa shape index (κ3) is 4.82. The zero-order valence-corrected chi connectivity index (χ0v) is 16.9. The Hall–Kier alpha value is -3.88. The number of imide groups is 1. The average molecular weight is 418 g/mol. The van der Waals surface area contributed by atoms with Gasteiger partial charge in [-0.15, -0.1) is 10.2 Å². The van der Waals surface area contributed by atoms with E-state index >= 15 is 0 Å². The summed E-state index contributed by atoms with van der Waals surface area (Å²) in [4.78, 5) is 39.2. The first-order valence-electron chi connectivity index (χ1n) is 10.1. The van der Waals surface area contributed by atoms with Gasteiger partial charge in [0.1, 0.15) is 6.54 Å². The van der Waals surface area contributed by atoms with Crippen molar-refractivity contribution < 1.29 is 14.4 Å². The number of hydrogen-bond donors (Lipinski definition) is 1. The minimum Gasteiger partial charge on any atom is -0.354 e. The van der Waals surface area contributed by atoms with Gasteiger partial charge in [-0.2, -0.15) is 4.80 Å². The van der Waals surface area contributed by atoms with Gasteiger partial charge in [-0.1, -0.05) is 42.5 Å². The molecule has 1 aromatic heterocycles. The molecule has 0 bridgehead atoms. The van der Waals surface area contributed by atoms with Crippen molar-refractivity contribution >= 4 is 17.7 Å². The zero-order chi connectivity index (χ0) is 21.6. The summed E-state index contributed by atoms with van der Waals surface area (Å²) in [7, 11) is 0. The molecule has 1 aliphatic heterocycles. The molecule has 0 atom stereocenters. The lowest BCUT2D eigenvalue weighted by atomic mass is 10.1. The number of nitrogens with one attached hydrogen (secondary N) is 1. The minimum atomic E-state index is -0.317. The molecule has 4 rings (SSSR count). The lowest BCUT2D eigenvalue weighted by molar-refractivity contribution is -0.122. The molecule has 9 heteroatoms. The standard InChI is InChI=1S/C22H22N6O3/c29-20(23-13-6-9-16-7-2-1-3-8-16)15-28-25-19(24-26-28)12-14-27-21(30)17-10-4-5-11-18(17)22(27)31/h1-5,7-8,10-11H,6,9,12-15H2,(H,23,29). The van der Waals surface area contributed by atoms with Crippen LogP contribution in [0.5, 0.6) is 0 Å². The molecular formula is C22H22N6O3. The lowest BCUT2D eigenvalue weighted by Crippen LogP contribution is -2.32. The Morgan fingerprint density at radius 3 is 2.29 bits per heavy atom. The van der Waals surface area contributed by atoms with E-state index in [1.54, 1.807) is 24.3 Å². The molecule has 158 valence electrons. The SMILES string of the molecule is O=C(Cn1nnc(CCN2C(=O)c3ccccc3C2=O)n1)NCCCc1ccccc1. The number of tetrazole rings is 1. The van der Waals surface area contributed by atoms with Gasteiger partial charge in [0.15, 0.2) is 5.82 Å². The molecule has 0 radical (unpaired) electrons. The van der Waals surface area contributed by atoms with Crippen LogP contribution in [0.3, 0.4) is 0 Å². The van der Waals surface area contributed by atoms with E-state index in [-0.39, 0.29) is 37.2 Å². The van der Waals surface area contributed by atoms with E-state index in [1.807, 2.05) is 18.2 Å². The van der Waals surface area contributed by atoms with E-state index in [4.69, 9.17) is 0 Å². The zero-order valence-electron chi connectivity index (χ0n) is 16.9. The summed E-state index contributed by atoms with van der Waals surface area (Å²) >= 11 is 0. The van der Waals surface area contributed by atoms with Crippen LogP contribution in [-0.4, -0.2) is 55.9 Å². The maximum Gasteiger partial charge on any atom is 0.261 e. The summed E-state index contributed by atoms with van der Waals surface area (Å²) in [6.07, 6.45) is 2.00. The van der Waals surface area contributed by atoms with E-state index in [1.165, 1.54) is 15.3 Å². The molecule has 2 heterocycles. The maximum atomic E-state index is 12.4. The van der Waals surface area contributed by atoms with Crippen LogP contribution in [0.15, 0.2) is 54.6 Å². The number of rotatable bonds is 9. The molecule has 3 aromatic rings. The van der Waals surface area contributed by atoms with Crippen molar-refractivity contribution in [3.8, 4) is 0 Å². The molecule has 1 N–H and O–H groups in total. The highest BCUT2D eigenvalue weighted by atomic mass is 16.2. The fourth-order valence-electron chi connectivity index (χ4n) is 3.45. The van der Waals surface area contributed by atoms with Gasteiger partial charge in [0.2, 0.25) is 5.91 Å². The summed E-state index contributed by atoms with van der Waals surface area (Å²) in [6, 6.07) is 16.8. The third-order valence-electron chi connectivity index (χ3n) is 5.02. The van der Waals surface area contributed by atoms with Crippen LogP contribution in [0.2, 0.25) is 0 Å². The highest BCUT2D eigenvalue weighted by Gasteiger charge is 2.34. The van der Waals surface area contributed by atoms with Gasteiger partial charge in [-0.3, -0.25) is 19.3 Å². The Morgan fingerprint density at radius 2 is 1.58 bits per heavy atom. The predicted octanol–water partition coefficient (Wildman–Crippen LogP) is 1.26. The molecular weight excluding hydrogens is 396 g/mol. The van der Waals surface area contributed by atoms with Crippen molar-refractivity contribution in [1.29, 1.82) is 0 Å². The van der Waals surface area contributed by atoms with Crippen LogP contribution in [0.1, 0.15) is 38.5 Å². The number of nitrogens with zero attached hydrogens (tertiary/aromatic N) is 5. The first-order valence-corrected chi connectivity index (χ1v) is 10.1. The van der Waals surface area contributed by atoms with Gasteiger partial charge >= 0.3 is 0 Å². The largest absolute Gasteiger partial charge is 0.354 e. The molecule has 2 aromatic carbocycles. The van der Waals surface area contributed by atoms with Crippen LogP contribution >= 0.6 is 0 Å². The molecule has 0 saturated carbocycles. The molecule has 0 aliphatic carbocycles. The van der Waals surface area contributed by atoms with Crippen molar-refractivity contribution in [2.45, 2.75) is 25.8 Å². The van der Waals surface area contributed by atoms with E-state index < -0.39 is 0 Å². The highest BCUT2D eigenvalue weighted by Crippen LogP contribution is 2.22. The third-order valence-corrected chi connectivity index (χ3v) is 5.02. The monoisotopic (exact) mass is 418 g/mol. The molecule has 0 unspecified atom stereocenters. The summed E-state index contributed by atoms with van der Waals surface area (Å²) in [5.74, 6) is -0.462. The number of amides is 3. The summed E-state index contributed by atoms with van der Waals surface area (Å²) < 4.78 is 0. The van der Waals surface area contributed by atoms with E-state index in [0.29, 0.717) is 23.5 Å². The van der Waals surface area contributed by atoms with Crippen LogP contribution in [0.25, 0.3) is 0 Å². The molecule has 9 nitrogen and oxygen atoms in total. The number of aromatic nitrogens is 4. The Balaban J connectivity index is 1.21. The Morgan fingerprint density at radius 1 is 0.903 bits per heavy atom. The van der Waals surface area contributed by atoms with Crippen molar-refractivity contribution in [3.05, 3.63) is 77.1 Å². The van der Waals surface area contributed by atoms with Gasteiger partial charge in [-0.25, -0.2) is 0 Å². The summed E-state index contributed by atoms with van der Waals surface area (Å²) in [5, 5.41) is 14.8.